The highest BCUT2D eigenvalue weighted by Crippen LogP contribution is 2.31. The van der Waals surface area contributed by atoms with Gasteiger partial charge in [-0.2, -0.15) is 5.10 Å². The molecule has 178 valence electrons. The van der Waals surface area contributed by atoms with E-state index in [4.69, 9.17) is 10.5 Å². The van der Waals surface area contributed by atoms with Gasteiger partial charge >= 0.3 is 0 Å². The van der Waals surface area contributed by atoms with Crippen molar-refractivity contribution < 1.29 is 9.53 Å². The number of nitrogens with two attached hydrogens (primary N) is 1. The fourth-order valence-corrected chi connectivity index (χ4v) is 4.29. The van der Waals surface area contributed by atoms with Gasteiger partial charge in [-0.15, -0.1) is 0 Å². The van der Waals surface area contributed by atoms with Crippen LogP contribution in [0.2, 0.25) is 0 Å². The standard InChI is InChI=1S/C27H28N6O2/c1-17(35-25-13-21(14-29-26(25)28)22-15-30-33(3)16-22)19-5-4-6-23(11-19)31-27(34)20-8-7-18-9-10-32(2)24(18)12-20/h4-8,11-17H,9-10H2,1-3H3,(H2,28,29)(H,31,34). The number of ether oxygens (including phenoxy) is 1. The van der Waals surface area contributed by atoms with Gasteiger partial charge in [0.2, 0.25) is 0 Å². The van der Waals surface area contributed by atoms with Gasteiger partial charge in [0.1, 0.15) is 6.10 Å². The molecule has 3 heterocycles. The molecule has 2 aromatic carbocycles. The molecule has 8 nitrogen and oxygen atoms in total. The molecule has 0 radical (unpaired) electrons. The van der Waals surface area contributed by atoms with Gasteiger partial charge in [-0.3, -0.25) is 9.48 Å². The smallest absolute Gasteiger partial charge is 0.255 e. The van der Waals surface area contributed by atoms with Gasteiger partial charge in [-0.05, 0) is 54.8 Å². The third kappa shape index (κ3) is 4.68. The molecular formula is C27H28N6O2. The lowest BCUT2D eigenvalue weighted by atomic mass is 10.1. The Bertz CT molecular complexity index is 1400. The van der Waals surface area contributed by atoms with Crippen LogP contribution in [0.1, 0.15) is 34.5 Å². The van der Waals surface area contributed by atoms with Crippen molar-refractivity contribution >= 4 is 23.1 Å². The Morgan fingerprint density at radius 1 is 1.11 bits per heavy atom. The molecular weight excluding hydrogens is 440 g/mol. The number of nitrogen functional groups attached to an aromatic ring is 1. The lowest BCUT2D eigenvalue weighted by Gasteiger charge is -2.18. The topological polar surface area (TPSA) is 98.3 Å². The fraction of sp³-hybridized carbons (Fsp3) is 0.222. The van der Waals surface area contributed by atoms with Gasteiger partial charge in [0.25, 0.3) is 5.91 Å². The molecule has 5 rings (SSSR count). The van der Waals surface area contributed by atoms with Crippen molar-refractivity contribution in [2.24, 2.45) is 7.05 Å². The maximum absolute atomic E-state index is 12.9. The second-order valence-electron chi connectivity index (χ2n) is 8.86. The van der Waals surface area contributed by atoms with Crippen LogP contribution < -0.4 is 20.7 Å². The Kier molecular flexibility index (Phi) is 5.86. The molecule has 1 unspecified atom stereocenters. The van der Waals surface area contributed by atoms with Crippen molar-refractivity contribution in [1.82, 2.24) is 14.8 Å². The maximum Gasteiger partial charge on any atom is 0.255 e. The van der Waals surface area contributed by atoms with Crippen LogP contribution >= 0.6 is 0 Å². The quantitative estimate of drug-likeness (QED) is 0.434. The second kappa shape index (κ2) is 9.13. The van der Waals surface area contributed by atoms with Gasteiger partial charge in [-0.25, -0.2) is 4.98 Å². The number of carbonyl (C=O) groups is 1. The number of nitrogens with zero attached hydrogens (tertiary/aromatic N) is 4. The zero-order valence-corrected chi connectivity index (χ0v) is 20.0. The summed E-state index contributed by atoms with van der Waals surface area (Å²) in [5, 5.41) is 7.22. The Balaban J connectivity index is 1.31. The molecule has 0 saturated heterocycles. The molecule has 1 aliphatic heterocycles. The van der Waals surface area contributed by atoms with Gasteiger partial charge in [0.15, 0.2) is 11.6 Å². The highest BCUT2D eigenvalue weighted by atomic mass is 16.5. The zero-order valence-electron chi connectivity index (χ0n) is 20.0. The van der Waals surface area contributed by atoms with Crippen LogP contribution in [0.4, 0.5) is 17.2 Å². The van der Waals surface area contributed by atoms with E-state index < -0.39 is 0 Å². The van der Waals surface area contributed by atoms with Crippen molar-refractivity contribution in [1.29, 1.82) is 0 Å². The Labute approximate surface area is 204 Å². The number of aromatic nitrogens is 3. The first-order chi connectivity index (χ1) is 16.9. The van der Waals surface area contributed by atoms with Crippen molar-refractivity contribution in [2.75, 3.05) is 29.5 Å². The van der Waals surface area contributed by atoms with Crippen LogP contribution in [-0.2, 0) is 13.5 Å². The number of hydrogen-bond acceptors (Lipinski definition) is 6. The minimum atomic E-state index is -0.311. The normalized spacial score (nSPS) is 13.4. The average molecular weight is 469 g/mol. The molecule has 0 aliphatic carbocycles. The number of aryl methyl sites for hydroxylation is 1. The molecule has 35 heavy (non-hydrogen) atoms. The summed E-state index contributed by atoms with van der Waals surface area (Å²) in [5.41, 5.74) is 12.5. The number of pyridine rings is 1. The van der Waals surface area contributed by atoms with E-state index in [1.807, 2.05) is 75.7 Å². The van der Waals surface area contributed by atoms with E-state index in [0.29, 0.717) is 22.8 Å². The number of carbonyl (C=O) groups excluding carboxylic acids is 1. The highest BCUT2D eigenvalue weighted by Gasteiger charge is 2.18. The molecule has 1 atom stereocenters. The summed E-state index contributed by atoms with van der Waals surface area (Å²) in [7, 11) is 3.91. The highest BCUT2D eigenvalue weighted by molar-refractivity contribution is 6.05. The van der Waals surface area contributed by atoms with Crippen molar-refractivity contribution in [3.05, 3.63) is 83.8 Å². The van der Waals surface area contributed by atoms with Crippen molar-refractivity contribution in [3.63, 3.8) is 0 Å². The summed E-state index contributed by atoms with van der Waals surface area (Å²) in [5.74, 6) is 0.669. The molecule has 0 spiro atoms. The minimum Gasteiger partial charge on any atom is -0.482 e. The third-order valence-corrected chi connectivity index (χ3v) is 6.31. The lowest BCUT2D eigenvalue weighted by Crippen LogP contribution is -2.15. The van der Waals surface area contributed by atoms with Gasteiger partial charge in [-0.1, -0.05) is 18.2 Å². The van der Waals surface area contributed by atoms with Crippen LogP contribution in [0.5, 0.6) is 5.75 Å². The average Bonchev–Trinajstić information content (AvgIpc) is 3.46. The van der Waals surface area contributed by atoms with E-state index >= 15 is 0 Å². The first-order valence-corrected chi connectivity index (χ1v) is 11.5. The molecule has 0 bridgehead atoms. The molecule has 1 amide bonds. The summed E-state index contributed by atoms with van der Waals surface area (Å²) in [4.78, 5) is 19.4. The van der Waals surface area contributed by atoms with Gasteiger partial charge in [0.05, 0.1) is 6.20 Å². The van der Waals surface area contributed by atoms with E-state index in [9.17, 15) is 4.79 Å². The summed E-state index contributed by atoms with van der Waals surface area (Å²) in [6, 6.07) is 15.4. The Morgan fingerprint density at radius 3 is 2.77 bits per heavy atom. The Hall–Kier alpha value is -4.33. The summed E-state index contributed by atoms with van der Waals surface area (Å²) >= 11 is 0. The molecule has 0 saturated carbocycles. The summed E-state index contributed by atoms with van der Waals surface area (Å²) in [6.45, 7) is 2.92. The number of nitrogens with one attached hydrogen (secondary N) is 1. The van der Waals surface area contributed by atoms with Crippen LogP contribution in [0.3, 0.4) is 0 Å². The molecule has 4 aromatic rings. The maximum atomic E-state index is 12.9. The number of likely N-dealkylation sites (N-methyl/N-ethyl adjacent to an activating group) is 1. The number of anilines is 3. The molecule has 1 aliphatic rings. The van der Waals surface area contributed by atoms with E-state index in [1.165, 1.54) is 5.56 Å². The van der Waals surface area contributed by atoms with Crippen LogP contribution in [0.25, 0.3) is 11.1 Å². The largest absolute Gasteiger partial charge is 0.482 e. The number of rotatable bonds is 6. The zero-order chi connectivity index (χ0) is 24.5. The first kappa shape index (κ1) is 22.5. The van der Waals surface area contributed by atoms with Crippen LogP contribution in [-0.4, -0.2) is 34.3 Å². The Morgan fingerprint density at radius 2 is 1.97 bits per heavy atom. The number of benzene rings is 2. The lowest BCUT2D eigenvalue weighted by molar-refractivity contribution is 0.102. The first-order valence-electron chi connectivity index (χ1n) is 11.5. The number of fused-ring (bicyclic) bond motifs is 1. The van der Waals surface area contributed by atoms with Crippen molar-refractivity contribution in [3.8, 4) is 16.9 Å². The number of hydrogen-bond donors (Lipinski definition) is 2. The minimum absolute atomic E-state index is 0.142. The molecule has 2 aromatic heterocycles. The summed E-state index contributed by atoms with van der Waals surface area (Å²) in [6.07, 6.45) is 6.08. The van der Waals surface area contributed by atoms with Gasteiger partial charge < -0.3 is 20.7 Å². The monoisotopic (exact) mass is 468 g/mol. The van der Waals surface area contributed by atoms with E-state index in [0.717, 1.165) is 35.3 Å². The molecule has 3 N–H and O–H groups in total. The predicted octanol–water partition coefficient (Wildman–Crippen LogP) is 4.45. The third-order valence-electron chi connectivity index (χ3n) is 6.31. The van der Waals surface area contributed by atoms with E-state index in [2.05, 4.69) is 20.3 Å². The summed E-state index contributed by atoms with van der Waals surface area (Å²) < 4.78 is 7.91. The van der Waals surface area contributed by atoms with E-state index in [-0.39, 0.29) is 12.0 Å². The SMILES string of the molecule is CC(Oc1cc(-c2cnn(C)c2)cnc1N)c1cccc(NC(=O)c2ccc3c(c2)N(C)CC3)c1. The second-order valence-corrected chi connectivity index (χ2v) is 8.86. The fourth-order valence-electron chi connectivity index (χ4n) is 4.29. The van der Waals surface area contributed by atoms with E-state index in [1.54, 1.807) is 17.1 Å². The molecule has 0 fully saturated rings. The van der Waals surface area contributed by atoms with Gasteiger partial charge in [0, 0.05) is 61.1 Å². The van der Waals surface area contributed by atoms with Crippen LogP contribution in [0.15, 0.2) is 67.1 Å². The van der Waals surface area contributed by atoms with Crippen molar-refractivity contribution in [2.45, 2.75) is 19.4 Å². The number of amides is 1. The predicted molar refractivity (Wildman–Crippen MR) is 138 cm³/mol. The van der Waals surface area contributed by atoms with Crippen LogP contribution in [0, 0.1) is 0 Å². The molecule has 8 heteroatoms.